The molecule has 0 bridgehead atoms. The molecule has 5 nitrogen and oxygen atoms in total. The lowest BCUT2D eigenvalue weighted by Gasteiger charge is -2.16. The van der Waals surface area contributed by atoms with Crippen LogP contribution in [-0.2, 0) is 0 Å². The first-order chi connectivity index (χ1) is 10.5. The number of nitrogens with one attached hydrogen (secondary N) is 1. The van der Waals surface area contributed by atoms with E-state index in [0.717, 1.165) is 18.0 Å². The number of aldehydes is 1. The zero-order chi connectivity index (χ0) is 16.0. The second kappa shape index (κ2) is 5.04. The topological polar surface area (TPSA) is 60.3 Å². The number of methoxy groups -OCH3 is 1. The lowest BCUT2D eigenvalue weighted by Crippen LogP contribution is -2.24. The number of fused-ring (bicyclic) bond motifs is 1. The van der Waals surface area contributed by atoms with E-state index in [9.17, 15) is 22.8 Å². The minimum Gasteiger partial charge on any atom is -0.491 e. The average molecular weight is 312 g/mol. The SMILES string of the molecule is COc1c(F)c(F)cc2c(=O)c(C=O)cn(N[C@@H]3C[C@@H]3F)c12. The zero-order valence-electron chi connectivity index (χ0n) is 11.4. The number of rotatable bonds is 4. The van der Waals surface area contributed by atoms with Crippen molar-refractivity contribution in [1.82, 2.24) is 4.68 Å². The molecule has 22 heavy (non-hydrogen) atoms. The van der Waals surface area contributed by atoms with Crippen molar-refractivity contribution < 1.29 is 22.7 Å². The van der Waals surface area contributed by atoms with Gasteiger partial charge in [0.25, 0.3) is 0 Å². The van der Waals surface area contributed by atoms with Gasteiger partial charge in [0.2, 0.25) is 5.82 Å². The number of pyridine rings is 1. The van der Waals surface area contributed by atoms with Crippen LogP contribution < -0.4 is 15.6 Å². The number of alkyl halides is 1. The van der Waals surface area contributed by atoms with Crippen LogP contribution in [0.5, 0.6) is 5.75 Å². The smallest absolute Gasteiger partial charge is 0.202 e. The molecule has 0 amide bonds. The summed E-state index contributed by atoms with van der Waals surface area (Å²) in [5.41, 5.74) is 1.60. The van der Waals surface area contributed by atoms with Crippen molar-refractivity contribution in [2.24, 2.45) is 0 Å². The number of benzene rings is 1. The largest absolute Gasteiger partial charge is 0.491 e. The monoisotopic (exact) mass is 312 g/mol. The third-order valence-corrected chi connectivity index (χ3v) is 3.51. The Morgan fingerprint density at radius 1 is 1.45 bits per heavy atom. The molecule has 0 saturated heterocycles. The quantitative estimate of drug-likeness (QED) is 0.874. The van der Waals surface area contributed by atoms with Gasteiger partial charge in [-0.05, 0) is 6.07 Å². The summed E-state index contributed by atoms with van der Waals surface area (Å²) >= 11 is 0. The van der Waals surface area contributed by atoms with Gasteiger partial charge in [0.05, 0.1) is 24.1 Å². The third kappa shape index (κ3) is 2.11. The fourth-order valence-electron chi connectivity index (χ4n) is 2.27. The summed E-state index contributed by atoms with van der Waals surface area (Å²) in [6.07, 6.45) is 0.581. The van der Waals surface area contributed by atoms with Gasteiger partial charge in [-0.25, -0.2) is 8.78 Å². The Morgan fingerprint density at radius 2 is 2.14 bits per heavy atom. The van der Waals surface area contributed by atoms with Crippen LogP contribution in [0.25, 0.3) is 10.9 Å². The molecule has 1 aromatic heterocycles. The summed E-state index contributed by atoms with van der Waals surface area (Å²) in [6, 6.07) is 0.170. The Morgan fingerprint density at radius 3 is 2.68 bits per heavy atom. The van der Waals surface area contributed by atoms with Crippen LogP contribution in [0.4, 0.5) is 13.2 Å². The van der Waals surface area contributed by atoms with E-state index in [4.69, 9.17) is 4.74 Å². The molecule has 1 N–H and O–H groups in total. The van der Waals surface area contributed by atoms with E-state index in [0.29, 0.717) is 12.4 Å². The second-order valence-corrected chi connectivity index (χ2v) is 4.99. The fourth-order valence-corrected chi connectivity index (χ4v) is 2.27. The van der Waals surface area contributed by atoms with Crippen molar-refractivity contribution in [2.75, 3.05) is 12.5 Å². The maximum Gasteiger partial charge on any atom is 0.202 e. The summed E-state index contributed by atoms with van der Waals surface area (Å²) in [4.78, 5) is 23.1. The van der Waals surface area contributed by atoms with Crippen LogP contribution in [0, 0.1) is 11.6 Å². The van der Waals surface area contributed by atoms with Crippen molar-refractivity contribution in [3.8, 4) is 5.75 Å². The number of ether oxygens (including phenoxy) is 1. The molecule has 1 aliphatic rings. The number of hydrogen-bond donors (Lipinski definition) is 1. The molecule has 0 radical (unpaired) electrons. The Hall–Kier alpha value is -2.51. The molecule has 0 aliphatic heterocycles. The Kier molecular flexibility index (Phi) is 3.31. The second-order valence-electron chi connectivity index (χ2n) is 4.99. The van der Waals surface area contributed by atoms with Crippen LogP contribution in [0.2, 0.25) is 0 Å². The van der Waals surface area contributed by atoms with Crippen LogP contribution in [0.15, 0.2) is 17.1 Å². The molecular formula is C14H11F3N2O3. The van der Waals surface area contributed by atoms with Crippen LogP contribution >= 0.6 is 0 Å². The van der Waals surface area contributed by atoms with Crippen molar-refractivity contribution in [1.29, 1.82) is 0 Å². The van der Waals surface area contributed by atoms with Crippen LogP contribution in [0.3, 0.4) is 0 Å². The van der Waals surface area contributed by atoms with Gasteiger partial charge >= 0.3 is 0 Å². The van der Waals surface area contributed by atoms with Crippen molar-refractivity contribution in [3.63, 3.8) is 0 Å². The Bertz CT molecular complexity index is 834. The highest BCUT2D eigenvalue weighted by Crippen LogP contribution is 2.31. The molecule has 2 aromatic rings. The van der Waals surface area contributed by atoms with Crippen LogP contribution in [-0.4, -0.2) is 30.3 Å². The number of carbonyl (C=O) groups excluding carboxylic acids is 1. The minimum atomic E-state index is -1.27. The van der Waals surface area contributed by atoms with Crippen molar-refractivity contribution in [2.45, 2.75) is 18.6 Å². The number of carbonyl (C=O) groups is 1. The summed E-state index contributed by atoms with van der Waals surface area (Å²) in [5.74, 6) is -3.03. The fraction of sp³-hybridized carbons (Fsp3) is 0.286. The lowest BCUT2D eigenvalue weighted by atomic mass is 10.1. The van der Waals surface area contributed by atoms with Gasteiger partial charge in [0, 0.05) is 12.6 Å². The highest BCUT2D eigenvalue weighted by molar-refractivity contribution is 5.90. The molecule has 1 heterocycles. The van der Waals surface area contributed by atoms with E-state index in [1.807, 2.05) is 0 Å². The molecule has 2 atom stereocenters. The van der Waals surface area contributed by atoms with Crippen molar-refractivity contribution >= 4 is 17.2 Å². The first-order valence-corrected chi connectivity index (χ1v) is 6.45. The highest BCUT2D eigenvalue weighted by atomic mass is 19.2. The summed E-state index contributed by atoms with van der Waals surface area (Å²) < 4.78 is 46.5. The van der Waals surface area contributed by atoms with Gasteiger partial charge in [0.1, 0.15) is 11.7 Å². The van der Waals surface area contributed by atoms with Gasteiger partial charge in [-0.3, -0.25) is 14.3 Å². The molecule has 3 rings (SSSR count). The van der Waals surface area contributed by atoms with E-state index < -0.39 is 35.0 Å². The molecule has 1 fully saturated rings. The predicted molar refractivity (Wildman–Crippen MR) is 72.7 cm³/mol. The van der Waals surface area contributed by atoms with Gasteiger partial charge < -0.3 is 10.2 Å². The van der Waals surface area contributed by atoms with E-state index in [1.54, 1.807) is 0 Å². The molecular weight excluding hydrogens is 301 g/mol. The third-order valence-electron chi connectivity index (χ3n) is 3.51. The van der Waals surface area contributed by atoms with Crippen LogP contribution in [0.1, 0.15) is 16.8 Å². The highest BCUT2D eigenvalue weighted by Gasteiger charge is 2.38. The molecule has 8 heteroatoms. The predicted octanol–water partition coefficient (Wildman–Crippen LogP) is 1.75. The lowest BCUT2D eigenvalue weighted by molar-refractivity contribution is 0.112. The Labute approximate surface area is 122 Å². The molecule has 1 saturated carbocycles. The standard InChI is InChI=1S/C14H11F3N2O3/c1-22-14-11(17)9(16)2-7-12(14)19(18-10-3-8(10)15)4-6(5-20)13(7)21/h2,4-5,8,10,18H,3H2,1H3/t8-,10+/m0/s1. The maximum atomic E-state index is 13.9. The number of nitrogens with zero attached hydrogens (tertiary/aromatic N) is 1. The average Bonchev–Trinajstić information content (AvgIpc) is 3.19. The van der Waals surface area contributed by atoms with Gasteiger partial charge in [0.15, 0.2) is 23.3 Å². The zero-order valence-corrected chi connectivity index (χ0v) is 11.4. The van der Waals surface area contributed by atoms with Gasteiger partial charge in [-0.15, -0.1) is 0 Å². The maximum absolute atomic E-state index is 13.9. The molecule has 116 valence electrons. The number of aromatic nitrogens is 1. The van der Waals surface area contributed by atoms with E-state index in [-0.39, 0.29) is 22.9 Å². The first kappa shape index (κ1) is 14.4. The molecule has 0 unspecified atom stereocenters. The Balaban J connectivity index is 2.36. The first-order valence-electron chi connectivity index (χ1n) is 6.45. The van der Waals surface area contributed by atoms with Crippen molar-refractivity contribution in [3.05, 3.63) is 39.7 Å². The van der Waals surface area contributed by atoms with Gasteiger partial charge in [-0.2, -0.15) is 4.39 Å². The van der Waals surface area contributed by atoms with Gasteiger partial charge in [-0.1, -0.05) is 0 Å². The summed E-state index contributed by atoms with van der Waals surface area (Å²) in [5, 5.41) is -0.232. The number of hydrogen-bond acceptors (Lipinski definition) is 4. The van der Waals surface area contributed by atoms with E-state index in [2.05, 4.69) is 5.43 Å². The molecule has 0 spiro atoms. The van der Waals surface area contributed by atoms with E-state index >= 15 is 0 Å². The molecule has 1 aliphatic carbocycles. The minimum absolute atomic E-state index is 0.0869. The summed E-state index contributed by atoms with van der Waals surface area (Å²) in [6.45, 7) is 0. The normalized spacial score (nSPS) is 20.0. The number of halogens is 3. The summed E-state index contributed by atoms with van der Waals surface area (Å²) in [7, 11) is 1.12. The van der Waals surface area contributed by atoms with E-state index in [1.165, 1.54) is 0 Å². The molecule has 1 aromatic carbocycles.